The maximum absolute atomic E-state index is 12.6. The van der Waals surface area contributed by atoms with Gasteiger partial charge in [-0.3, -0.25) is 14.2 Å². The number of fused-ring (bicyclic) bond motifs is 1. The van der Waals surface area contributed by atoms with E-state index >= 15 is 0 Å². The molecule has 0 spiro atoms. The molecule has 0 aliphatic rings. The number of hydrogen-bond acceptors (Lipinski definition) is 5. The van der Waals surface area contributed by atoms with Gasteiger partial charge in [0.2, 0.25) is 5.91 Å². The highest BCUT2D eigenvalue weighted by Crippen LogP contribution is 2.30. The summed E-state index contributed by atoms with van der Waals surface area (Å²) in [5.74, 6) is -0.299. The predicted molar refractivity (Wildman–Crippen MR) is 121 cm³/mol. The third-order valence-corrected chi connectivity index (χ3v) is 5.75. The molecule has 0 aliphatic carbocycles. The minimum atomic E-state index is -0.313. The number of benzene rings is 2. The maximum atomic E-state index is 12.6. The summed E-state index contributed by atoms with van der Waals surface area (Å²) in [7, 11) is 0. The first-order valence-electron chi connectivity index (χ1n) is 9.86. The molecule has 7 heteroatoms. The largest absolute Gasteiger partial charge is 0.300 e. The number of thiazole rings is 1. The van der Waals surface area contributed by atoms with Gasteiger partial charge in [-0.1, -0.05) is 49.7 Å². The van der Waals surface area contributed by atoms with Crippen molar-refractivity contribution in [2.75, 3.05) is 5.32 Å². The second-order valence-electron chi connectivity index (χ2n) is 7.09. The molecule has 0 saturated heterocycles. The highest BCUT2D eigenvalue weighted by atomic mass is 32.1. The van der Waals surface area contributed by atoms with Gasteiger partial charge >= 0.3 is 0 Å². The van der Waals surface area contributed by atoms with E-state index in [1.165, 1.54) is 27.7 Å². The molecule has 2 aromatic carbocycles. The molecule has 30 heavy (non-hydrogen) atoms. The molecular formula is C23H22N4O2S. The van der Waals surface area contributed by atoms with Crippen molar-refractivity contribution in [2.24, 2.45) is 0 Å². The van der Waals surface area contributed by atoms with Crippen molar-refractivity contribution >= 4 is 33.4 Å². The summed E-state index contributed by atoms with van der Waals surface area (Å²) in [6.07, 6.45) is 3.41. The molecule has 2 heterocycles. The van der Waals surface area contributed by atoms with Crippen LogP contribution in [0.1, 0.15) is 23.8 Å². The number of carbonyl (C=O) groups is 1. The monoisotopic (exact) mass is 418 g/mol. The standard InChI is InChI=1S/C23H22N4O2S/c1-3-6-16-9-11-17(12-10-16)22-15(2)30-23(26-22)25-20(28)14-27-19-8-5-4-7-18(19)24-13-21(27)29/h4-5,7-13H,3,6,14H2,1-2H3,(H,25,26,28). The van der Waals surface area contributed by atoms with E-state index in [1.54, 1.807) is 6.07 Å². The van der Waals surface area contributed by atoms with Crippen LogP contribution in [0.2, 0.25) is 0 Å². The fourth-order valence-electron chi connectivity index (χ4n) is 3.42. The summed E-state index contributed by atoms with van der Waals surface area (Å²) in [6, 6.07) is 15.6. The Labute approximate surface area is 178 Å². The third-order valence-electron chi connectivity index (χ3n) is 4.86. The van der Waals surface area contributed by atoms with Crippen LogP contribution in [0.5, 0.6) is 0 Å². The Morgan fingerprint density at radius 2 is 1.90 bits per heavy atom. The summed E-state index contributed by atoms with van der Waals surface area (Å²) in [5, 5.41) is 3.36. The number of para-hydroxylation sites is 2. The van der Waals surface area contributed by atoms with Crippen molar-refractivity contribution in [3.63, 3.8) is 0 Å². The van der Waals surface area contributed by atoms with Gasteiger partial charge in [-0.15, -0.1) is 11.3 Å². The lowest BCUT2D eigenvalue weighted by Crippen LogP contribution is -2.27. The van der Waals surface area contributed by atoms with Crippen molar-refractivity contribution in [1.29, 1.82) is 0 Å². The summed E-state index contributed by atoms with van der Waals surface area (Å²) >= 11 is 1.43. The second-order valence-corrected chi connectivity index (χ2v) is 8.29. The van der Waals surface area contributed by atoms with Crippen molar-refractivity contribution < 1.29 is 4.79 Å². The minimum absolute atomic E-state index is 0.0957. The molecule has 0 unspecified atom stereocenters. The Hall–Kier alpha value is -3.32. The van der Waals surface area contributed by atoms with Gasteiger partial charge in [0.25, 0.3) is 5.56 Å². The first kappa shape index (κ1) is 20.0. The van der Waals surface area contributed by atoms with Gasteiger partial charge in [0.05, 0.1) is 22.9 Å². The molecule has 4 aromatic rings. The Morgan fingerprint density at radius 3 is 2.67 bits per heavy atom. The second kappa shape index (κ2) is 8.59. The summed E-state index contributed by atoms with van der Waals surface area (Å²) in [4.78, 5) is 34.6. The molecule has 0 aliphatic heterocycles. The van der Waals surface area contributed by atoms with Crippen molar-refractivity contribution in [2.45, 2.75) is 33.2 Å². The highest BCUT2D eigenvalue weighted by Gasteiger charge is 2.14. The van der Waals surface area contributed by atoms with Crippen LogP contribution in [0, 0.1) is 6.92 Å². The molecule has 2 aromatic heterocycles. The Bertz CT molecular complexity index is 1260. The van der Waals surface area contributed by atoms with Crippen LogP contribution in [0.15, 0.2) is 59.5 Å². The van der Waals surface area contributed by atoms with Gasteiger partial charge in [0.15, 0.2) is 5.13 Å². The molecule has 4 rings (SSSR count). The molecule has 0 bridgehead atoms. The molecule has 0 saturated carbocycles. The van der Waals surface area contributed by atoms with Crippen molar-refractivity contribution in [3.05, 3.63) is 75.5 Å². The Morgan fingerprint density at radius 1 is 1.13 bits per heavy atom. The summed E-state index contributed by atoms with van der Waals surface area (Å²) in [6.45, 7) is 4.06. The van der Waals surface area contributed by atoms with Crippen LogP contribution in [0.4, 0.5) is 5.13 Å². The van der Waals surface area contributed by atoms with Crippen molar-refractivity contribution in [3.8, 4) is 11.3 Å². The van der Waals surface area contributed by atoms with E-state index < -0.39 is 0 Å². The minimum Gasteiger partial charge on any atom is -0.300 e. The number of nitrogens with zero attached hydrogens (tertiary/aromatic N) is 3. The molecule has 1 amide bonds. The SMILES string of the molecule is CCCc1ccc(-c2nc(NC(=O)Cn3c(=O)cnc4ccccc43)sc2C)cc1. The quantitative estimate of drug-likeness (QED) is 0.503. The molecule has 6 nitrogen and oxygen atoms in total. The number of rotatable bonds is 6. The summed E-state index contributed by atoms with van der Waals surface area (Å²) in [5.41, 5.74) is 4.18. The maximum Gasteiger partial charge on any atom is 0.269 e. The van der Waals surface area contributed by atoms with E-state index in [0.717, 1.165) is 29.0 Å². The zero-order chi connectivity index (χ0) is 21.1. The summed E-state index contributed by atoms with van der Waals surface area (Å²) < 4.78 is 1.42. The van der Waals surface area contributed by atoms with Crippen molar-refractivity contribution in [1.82, 2.24) is 14.5 Å². The van der Waals surface area contributed by atoms with Gasteiger partial charge in [-0.2, -0.15) is 0 Å². The van der Waals surface area contributed by atoms with Crippen LogP contribution in [-0.2, 0) is 17.8 Å². The lowest BCUT2D eigenvalue weighted by molar-refractivity contribution is -0.116. The number of aryl methyl sites for hydroxylation is 2. The van der Waals surface area contributed by atoms with Gasteiger partial charge in [0.1, 0.15) is 6.54 Å². The third kappa shape index (κ3) is 4.16. The molecule has 0 atom stereocenters. The van der Waals surface area contributed by atoms with E-state index in [4.69, 9.17) is 0 Å². The number of amides is 1. The van der Waals surface area contributed by atoms with Gasteiger partial charge in [-0.25, -0.2) is 9.97 Å². The lowest BCUT2D eigenvalue weighted by Gasteiger charge is -2.08. The molecule has 0 radical (unpaired) electrons. The predicted octanol–water partition coefficient (Wildman–Crippen LogP) is 4.42. The normalized spacial score (nSPS) is 11.0. The van der Waals surface area contributed by atoms with E-state index in [2.05, 4.69) is 46.5 Å². The van der Waals surface area contributed by atoms with Gasteiger partial charge < -0.3 is 5.32 Å². The number of carbonyl (C=O) groups excluding carboxylic acids is 1. The first-order chi connectivity index (χ1) is 14.5. The topological polar surface area (TPSA) is 76.9 Å². The number of aromatic nitrogens is 3. The van der Waals surface area contributed by atoms with E-state index in [0.29, 0.717) is 16.2 Å². The van der Waals surface area contributed by atoms with Crippen LogP contribution < -0.4 is 10.9 Å². The van der Waals surface area contributed by atoms with E-state index in [1.807, 2.05) is 25.1 Å². The molecule has 152 valence electrons. The van der Waals surface area contributed by atoms with Crippen LogP contribution in [0.25, 0.3) is 22.3 Å². The average Bonchev–Trinajstić information content (AvgIpc) is 3.11. The molecule has 1 N–H and O–H groups in total. The fourth-order valence-corrected chi connectivity index (χ4v) is 4.27. The lowest BCUT2D eigenvalue weighted by atomic mass is 10.1. The molecule has 0 fully saturated rings. The Balaban J connectivity index is 1.53. The highest BCUT2D eigenvalue weighted by molar-refractivity contribution is 7.16. The smallest absolute Gasteiger partial charge is 0.269 e. The van der Waals surface area contributed by atoms with Gasteiger partial charge in [-0.05, 0) is 31.0 Å². The average molecular weight is 419 g/mol. The zero-order valence-corrected chi connectivity index (χ0v) is 17.7. The molecular weight excluding hydrogens is 396 g/mol. The van der Waals surface area contributed by atoms with Gasteiger partial charge in [0, 0.05) is 10.4 Å². The number of hydrogen-bond donors (Lipinski definition) is 1. The fraction of sp³-hybridized carbons (Fsp3) is 0.217. The van der Waals surface area contributed by atoms with E-state index in [-0.39, 0.29) is 18.0 Å². The number of anilines is 1. The first-order valence-corrected chi connectivity index (χ1v) is 10.7. The number of nitrogens with one attached hydrogen (secondary N) is 1. The van der Waals surface area contributed by atoms with Crippen LogP contribution >= 0.6 is 11.3 Å². The zero-order valence-electron chi connectivity index (χ0n) is 16.9. The van der Waals surface area contributed by atoms with E-state index in [9.17, 15) is 9.59 Å². The van der Waals surface area contributed by atoms with Crippen LogP contribution in [-0.4, -0.2) is 20.4 Å². The Kier molecular flexibility index (Phi) is 5.72. The van der Waals surface area contributed by atoms with Crippen LogP contribution in [0.3, 0.4) is 0 Å².